The van der Waals surface area contributed by atoms with E-state index in [1.165, 1.54) is 10.6 Å². The zero-order valence-corrected chi connectivity index (χ0v) is 17.3. The van der Waals surface area contributed by atoms with E-state index in [-0.39, 0.29) is 11.9 Å². The Kier molecular flexibility index (Phi) is 6.34. The Morgan fingerprint density at radius 2 is 1.34 bits per heavy atom. The van der Waals surface area contributed by atoms with Crippen LogP contribution in [0.1, 0.15) is 34.5 Å². The number of benzene rings is 3. The van der Waals surface area contributed by atoms with Crippen molar-refractivity contribution in [1.82, 2.24) is 5.32 Å². The molecule has 0 aliphatic rings. The van der Waals surface area contributed by atoms with Gasteiger partial charge in [-0.25, -0.2) is 8.42 Å². The molecule has 1 N–H and O–H groups in total. The lowest BCUT2D eigenvalue weighted by molar-refractivity contribution is 0.0943. The second kappa shape index (κ2) is 8.92. The Hall–Kier alpha value is -3.12. The zero-order chi connectivity index (χ0) is 20.9. The molecule has 0 saturated heterocycles. The summed E-state index contributed by atoms with van der Waals surface area (Å²) in [6, 6.07) is 25.9. The van der Waals surface area contributed by atoms with Crippen LogP contribution in [-0.2, 0) is 10.0 Å². The number of hydrogen-bond acceptors (Lipinski definition) is 3. The van der Waals surface area contributed by atoms with Gasteiger partial charge < -0.3 is 5.32 Å². The molecule has 0 aliphatic heterocycles. The number of anilines is 1. The van der Waals surface area contributed by atoms with E-state index in [4.69, 9.17) is 0 Å². The highest BCUT2D eigenvalue weighted by atomic mass is 32.2. The van der Waals surface area contributed by atoms with E-state index in [0.29, 0.717) is 17.8 Å². The number of amides is 1. The monoisotopic (exact) mass is 408 g/mol. The smallest absolute Gasteiger partial charge is 0.252 e. The van der Waals surface area contributed by atoms with Gasteiger partial charge in [-0.05, 0) is 42.3 Å². The fraction of sp³-hybridized carbons (Fsp3) is 0.174. The SMILES string of the molecule is CCN(c1ccc(C(=O)NC(c2ccccc2)c2ccccc2)cc1)S(C)(=O)=O. The molecule has 0 bridgehead atoms. The molecule has 0 saturated carbocycles. The minimum Gasteiger partial charge on any atom is -0.341 e. The summed E-state index contributed by atoms with van der Waals surface area (Å²) >= 11 is 0. The van der Waals surface area contributed by atoms with Gasteiger partial charge in [-0.3, -0.25) is 9.10 Å². The van der Waals surface area contributed by atoms with Gasteiger partial charge in [-0.1, -0.05) is 60.7 Å². The fourth-order valence-electron chi connectivity index (χ4n) is 3.25. The molecule has 0 heterocycles. The van der Waals surface area contributed by atoms with Crippen molar-refractivity contribution in [3.8, 4) is 0 Å². The van der Waals surface area contributed by atoms with Crippen molar-refractivity contribution in [3.63, 3.8) is 0 Å². The third kappa shape index (κ3) is 5.03. The molecule has 0 aliphatic carbocycles. The van der Waals surface area contributed by atoms with E-state index < -0.39 is 10.0 Å². The molecule has 0 aromatic heterocycles. The van der Waals surface area contributed by atoms with Crippen LogP contribution in [-0.4, -0.2) is 27.1 Å². The van der Waals surface area contributed by atoms with Crippen LogP contribution in [0.15, 0.2) is 84.9 Å². The van der Waals surface area contributed by atoms with E-state index in [2.05, 4.69) is 5.32 Å². The topological polar surface area (TPSA) is 66.5 Å². The van der Waals surface area contributed by atoms with Gasteiger partial charge in [0.15, 0.2) is 0 Å². The molecule has 0 spiro atoms. The van der Waals surface area contributed by atoms with Gasteiger partial charge in [0.25, 0.3) is 5.91 Å². The summed E-state index contributed by atoms with van der Waals surface area (Å²) in [5.41, 5.74) is 2.97. The molecule has 29 heavy (non-hydrogen) atoms. The van der Waals surface area contributed by atoms with E-state index in [0.717, 1.165) is 11.1 Å². The summed E-state index contributed by atoms with van der Waals surface area (Å²) in [5.74, 6) is -0.225. The summed E-state index contributed by atoms with van der Waals surface area (Å²) in [6.45, 7) is 2.10. The number of carbonyl (C=O) groups is 1. The van der Waals surface area contributed by atoms with Gasteiger partial charge >= 0.3 is 0 Å². The molecule has 3 rings (SSSR count). The number of nitrogens with one attached hydrogen (secondary N) is 1. The first-order chi connectivity index (χ1) is 13.9. The normalized spacial score (nSPS) is 11.3. The molecule has 0 radical (unpaired) electrons. The van der Waals surface area contributed by atoms with E-state index >= 15 is 0 Å². The van der Waals surface area contributed by atoms with Crippen molar-refractivity contribution in [3.05, 3.63) is 102 Å². The molecular formula is C23H24N2O3S. The number of sulfonamides is 1. The fourth-order valence-corrected chi connectivity index (χ4v) is 4.23. The van der Waals surface area contributed by atoms with Crippen molar-refractivity contribution in [2.45, 2.75) is 13.0 Å². The van der Waals surface area contributed by atoms with E-state index in [1.54, 1.807) is 31.2 Å². The molecule has 150 valence electrons. The van der Waals surface area contributed by atoms with Gasteiger partial charge in [0.05, 0.1) is 18.0 Å². The first-order valence-corrected chi connectivity index (χ1v) is 11.2. The molecule has 6 heteroatoms. The van der Waals surface area contributed by atoms with Crippen LogP contribution in [0.5, 0.6) is 0 Å². The summed E-state index contributed by atoms with van der Waals surface area (Å²) < 4.78 is 25.1. The van der Waals surface area contributed by atoms with Gasteiger partial charge in [0.1, 0.15) is 0 Å². The summed E-state index contributed by atoms with van der Waals surface area (Å²) in [5, 5.41) is 3.09. The standard InChI is InChI=1S/C23H24N2O3S/c1-3-25(29(2,27)28)21-16-14-20(15-17-21)23(26)24-22(18-10-6-4-7-11-18)19-12-8-5-9-13-19/h4-17,22H,3H2,1-2H3,(H,24,26). The molecule has 0 unspecified atom stereocenters. The van der Waals surface area contributed by atoms with E-state index in [1.807, 2.05) is 60.7 Å². The van der Waals surface area contributed by atoms with Crippen LogP contribution in [0.2, 0.25) is 0 Å². The Morgan fingerprint density at radius 3 is 1.76 bits per heavy atom. The second-order valence-corrected chi connectivity index (χ2v) is 8.61. The molecule has 3 aromatic rings. The predicted molar refractivity (Wildman–Crippen MR) is 116 cm³/mol. The van der Waals surface area contributed by atoms with Gasteiger partial charge in [0.2, 0.25) is 10.0 Å². The quantitative estimate of drug-likeness (QED) is 0.643. The average Bonchev–Trinajstić information content (AvgIpc) is 2.73. The molecule has 0 fully saturated rings. The number of rotatable bonds is 7. The van der Waals surface area contributed by atoms with Crippen molar-refractivity contribution in [2.75, 3.05) is 17.1 Å². The minimum absolute atomic E-state index is 0.225. The van der Waals surface area contributed by atoms with Crippen molar-refractivity contribution >= 4 is 21.6 Å². The summed E-state index contributed by atoms with van der Waals surface area (Å²) in [4.78, 5) is 12.9. The zero-order valence-electron chi connectivity index (χ0n) is 16.4. The molecule has 3 aromatic carbocycles. The second-order valence-electron chi connectivity index (χ2n) is 6.70. The maximum absolute atomic E-state index is 12.9. The maximum atomic E-state index is 12.9. The lowest BCUT2D eigenvalue weighted by Gasteiger charge is -2.22. The molecule has 5 nitrogen and oxygen atoms in total. The maximum Gasteiger partial charge on any atom is 0.252 e. The van der Waals surface area contributed by atoms with Crippen LogP contribution in [0.25, 0.3) is 0 Å². The highest BCUT2D eigenvalue weighted by Gasteiger charge is 2.19. The Balaban J connectivity index is 1.85. The summed E-state index contributed by atoms with van der Waals surface area (Å²) in [6.07, 6.45) is 1.17. The van der Waals surface area contributed by atoms with Crippen LogP contribution < -0.4 is 9.62 Å². The highest BCUT2D eigenvalue weighted by molar-refractivity contribution is 7.92. The third-order valence-electron chi connectivity index (χ3n) is 4.65. The van der Waals surface area contributed by atoms with Crippen LogP contribution in [0.3, 0.4) is 0 Å². The molecule has 0 atom stereocenters. The first-order valence-electron chi connectivity index (χ1n) is 9.38. The molecular weight excluding hydrogens is 384 g/mol. The lowest BCUT2D eigenvalue weighted by Crippen LogP contribution is -2.30. The van der Waals surface area contributed by atoms with Gasteiger partial charge in [-0.2, -0.15) is 0 Å². The minimum atomic E-state index is -3.36. The van der Waals surface area contributed by atoms with Crippen molar-refractivity contribution in [1.29, 1.82) is 0 Å². The Bertz CT molecular complexity index is 1010. The number of carbonyl (C=O) groups excluding carboxylic acids is 1. The Morgan fingerprint density at radius 1 is 0.862 bits per heavy atom. The largest absolute Gasteiger partial charge is 0.341 e. The third-order valence-corrected chi connectivity index (χ3v) is 5.92. The lowest BCUT2D eigenvalue weighted by atomic mass is 9.98. The van der Waals surface area contributed by atoms with Gasteiger partial charge in [0, 0.05) is 12.1 Å². The molecule has 1 amide bonds. The Labute approximate surface area is 172 Å². The van der Waals surface area contributed by atoms with Crippen molar-refractivity contribution in [2.24, 2.45) is 0 Å². The van der Waals surface area contributed by atoms with Crippen LogP contribution in [0, 0.1) is 0 Å². The van der Waals surface area contributed by atoms with Crippen LogP contribution >= 0.6 is 0 Å². The predicted octanol–water partition coefficient (Wildman–Crippen LogP) is 3.99. The van der Waals surface area contributed by atoms with Crippen LogP contribution in [0.4, 0.5) is 5.69 Å². The highest BCUT2D eigenvalue weighted by Crippen LogP contribution is 2.23. The number of hydrogen-bond donors (Lipinski definition) is 1. The van der Waals surface area contributed by atoms with Gasteiger partial charge in [-0.15, -0.1) is 0 Å². The van der Waals surface area contributed by atoms with E-state index in [9.17, 15) is 13.2 Å². The average molecular weight is 409 g/mol. The first kappa shape index (κ1) is 20.6. The summed E-state index contributed by atoms with van der Waals surface area (Å²) in [7, 11) is -3.36. The van der Waals surface area contributed by atoms with Crippen molar-refractivity contribution < 1.29 is 13.2 Å². The number of nitrogens with zero attached hydrogens (tertiary/aromatic N) is 1.